The second kappa shape index (κ2) is 6.19. The van der Waals surface area contributed by atoms with Crippen molar-refractivity contribution in [2.45, 2.75) is 39.2 Å². The van der Waals surface area contributed by atoms with Gasteiger partial charge in [0.05, 0.1) is 0 Å². The Kier molecular flexibility index (Phi) is 4.59. The predicted molar refractivity (Wildman–Crippen MR) is 74.7 cm³/mol. The van der Waals surface area contributed by atoms with Gasteiger partial charge in [0.1, 0.15) is 5.82 Å². The minimum Gasteiger partial charge on any atom is -0.369 e. The molecule has 1 N–H and O–H groups in total. The number of nitrogens with zero attached hydrogens (tertiary/aromatic N) is 1. The van der Waals surface area contributed by atoms with E-state index in [-0.39, 0.29) is 5.82 Å². The quantitative estimate of drug-likeness (QED) is 0.835. The van der Waals surface area contributed by atoms with Gasteiger partial charge in [-0.1, -0.05) is 19.9 Å². The fourth-order valence-electron chi connectivity index (χ4n) is 2.56. The van der Waals surface area contributed by atoms with Crippen molar-refractivity contribution in [3.05, 3.63) is 29.6 Å². The number of hydrogen-bond donors (Lipinski definition) is 1. The van der Waals surface area contributed by atoms with Gasteiger partial charge in [-0.2, -0.15) is 0 Å². The van der Waals surface area contributed by atoms with Crippen molar-refractivity contribution in [2.24, 2.45) is 0 Å². The Morgan fingerprint density at radius 2 is 2.22 bits per heavy atom. The molecule has 1 atom stereocenters. The highest BCUT2D eigenvalue weighted by molar-refractivity contribution is 5.58. The van der Waals surface area contributed by atoms with Crippen LogP contribution in [0.4, 0.5) is 10.1 Å². The number of benzene rings is 1. The number of fused-ring (bicyclic) bond motifs is 1. The molecular weight excluding hydrogens is 227 g/mol. The molecule has 0 saturated heterocycles. The van der Waals surface area contributed by atoms with E-state index in [0.717, 1.165) is 44.6 Å². The topological polar surface area (TPSA) is 15.3 Å². The smallest absolute Gasteiger partial charge is 0.125 e. The average molecular weight is 250 g/mol. The summed E-state index contributed by atoms with van der Waals surface area (Å²) in [5.74, 6) is -0.129. The van der Waals surface area contributed by atoms with E-state index >= 15 is 0 Å². The van der Waals surface area contributed by atoms with Gasteiger partial charge in [-0.25, -0.2) is 4.39 Å². The van der Waals surface area contributed by atoms with Crippen molar-refractivity contribution in [2.75, 3.05) is 24.5 Å². The van der Waals surface area contributed by atoms with Gasteiger partial charge in [0.25, 0.3) is 0 Å². The van der Waals surface area contributed by atoms with E-state index in [1.165, 1.54) is 5.56 Å². The number of anilines is 1. The zero-order valence-corrected chi connectivity index (χ0v) is 11.4. The van der Waals surface area contributed by atoms with Crippen LogP contribution < -0.4 is 10.2 Å². The van der Waals surface area contributed by atoms with E-state index in [0.29, 0.717) is 6.04 Å². The van der Waals surface area contributed by atoms with Gasteiger partial charge in [-0.3, -0.25) is 0 Å². The maximum Gasteiger partial charge on any atom is 0.125 e. The normalized spacial score (nSPS) is 15.8. The summed E-state index contributed by atoms with van der Waals surface area (Å²) in [6.07, 6.45) is 3.31. The molecule has 2 rings (SSSR count). The van der Waals surface area contributed by atoms with Gasteiger partial charge in [0.2, 0.25) is 0 Å². The number of nitrogens with one attached hydrogen (secondary N) is 1. The van der Waals surface area contributed by atoms with E-state index in [4.69, 9.17) is 0 Å². The first-order valence-corrected chi connectivity index (χ1v) is 7.01. The standard InChI is InChI=1S/C15H23FN2/c1-3-8-17-14(4-2)11-18-9-7-12-5-6-13(16)10-15(12)18/h5-6,10,14,17H,3-4,7-9,11H2,1-2H3. The SMILES string of the molecule is CCCNC(CC)CN1CCc2ccc(F)cc21. The van der Waals surface area contributed by atoms with Crippen LogP contribution in [-0.4, -0.2) is 25.7 Å². The maximum atomic E-state index is 13.3. The van der Waals surface area contributed by atoms with Gasteiger partial charge in [0.15, 0.2) is 0 Å². The first kappa shape index (κ1) is 13.3. The van der Waals surface area contributed by atoms with E-state index in [9.17, 15) is 4.39 Å². The molecule has 1 aliphatic heterocycles. The van der Waals surface area contributed by atoms with Crippen LogP contribution in [0.15, 0.2) is 18.2 Å². The Morgan fingerprint density at radius 1 is 1.39 bits per heavy atom. The monoisotopic (exact) mass is 250 g/mol. The third-order valence-electron chi connectivity index (χ3n) is 3.66. The van der Waals surface area contributed by atoms with E-state index in [2.05, 4.69) is 24.1 Å². The zero-order chi connectivity index (χ0) is 13.0. The summed E-state index contributed by atoms with van der Waals surface area (Å²) < 4.78 is 13.3. The van der Waals surface area contributed by atoms with Crippen LogP contribution in [0.2, 0.25) is 0 Å². The number of halogens is 1. The molecule has 0 saturated carbocycles. The Labute approximate surface area is 109 Å². The summed E-state index contributed by atoms with van der Waals surface area (Å²) in [5.41, 5.74) is 2.37. The molecule has 0 amide bonds. The first-order valence-electron chi connectivity index (χ1n) is 7.01. The van der Waals surface area contributed by atoms with Gasteiger partial charge in [-0.15, -0.1) is 0 Å². The van der Waals surface area contributed by atoms with E-state index < -0.39 is 0 Å². The van der Waals surface area contributed by atoms with Crippen LogP contribution in [0.1, 0.15) is 32.3 Å². The van der Waals surface area contributed by atoms with Crippen molar-refractivity contribution < 1.29 is 4.39 Å². The fraction of sp³-hybridized carbons (Fsp3) is 0.600. The largest absolute Gasteiger partial charge is 0.369 e. The lowest BCUT2D eigenvalue weighted by Gasteiger charge is -2.26. The Bertz CT molecular complexity index is 392. The molecule has 0 aliphatic carbocycles. The molecule has 1 aromatic carbocycles. The highest BCUT2D eigenvalue weighted by Gasteiger charge is 2.21. The summed E-state index contributed by atoms with van der Waals surface area (Å²) >= 11 is 0. The maximum absolute atomic E-state index is 13.3. The molecular formula is C15H23FN2. The molecule has 0 aromatic heterocycles. The van der Waals surface area contributed by atoms with Crippen molar-refractivity contribution >= 4 is 5.69 Å². The van der Waals surface area contributed by atoms with Gasteiger partial charge in [0, 0.05) is 24.8 Å². The predicted octanol–water partition coefficient (Wildman–Crippen LogP) is 2.97. The average Bonchev–Trinajstić information content (AvgIpc) is 2.77. The molecule has 100 valence electrons. The highest BCUT2D eigenvalue weighted by Crippen LogP contribution is 2.28. The van der Waals surface area contributed by atoms with Crippen LogP contribution in [0.5, 0.6) is 0 Å². The van der Waals surface area contributed by atoms with Gasteiger partial charge in [-0.05, 0) is 43.5 Å². The third kappa shape index (κ3) is 3.02. The Hall–Kier alpha value is -1.09. The molecule has 3 heteroatoms. The molecule has 1 aromatic rings. The van der Waals surface area contributed by atoms with Gasteiger partial charge < -0.3 is 10.2 Å². The zero-order valence-electron chi connectivity index (χ0n) is 11.4. The minimum atomic E-state index is -0.129. The van der Waals surface area contributed by atoms with Crippen LogP contribution >= 0.6 is 0 Å². The van der Waals surface area contributed by atoms with E-state index in [1.807, 2.05) is 6.07 Å². The second-order valence-corrected chi connectivity index (χ2v) is 5.03. The van der Waals surface area contributed by atoms with Crippen molar-refractivity contribution in [3.8, 4) is 0 Å². The molecule has 0 radical (unpaired) electrons. The lowest BCUT2D eigenvalue weighted by atomic mass is 10.1. The molecule has 1 unspecified atom stereocenters. The summed E-state index contributed by atoms with van der Waals surface area (Å²) in [7, 11) is 0. The molecule has 18 heavy (non-hydrogen) atoms. The Balaban J connectivity index is 2.01. The summed E-state index contributed by atoms with van der Waals surface area (Å²) in [5, 5.41) is 3.56. The van der Waals surface area contributed by atoms with Crippen LogP contribution in [-0.2, 0) is 6.42 Å². The van der Waals surface area contributed by atoms with Crippen LogP contribution in [0.3, 0.4) is 0 Å². The Morgan fingerprint density at radius 3 is 2.94 bits per heavy atom. The second-order valence-electron chi connectivity index (χ2n) is 5.03. The lowest BCUT2D eigenvalue weighted by Crippen LogP contribution is -2.40. The number of hydrogen-bond acceptors (Lipinski definition) is 2. The molecule has 2 nitrogen and oxygen atoms in total. The van der Waals surface area contributed by atoms with Crippen molar-refractivity contribution in [3.63, 3.8) is 0 Å². The molecule has 0 bridgehead atoms. The molecule has 1 aliphatic rings. The molecule has 1 heterocycles. The third-order valence-corrected chi connectivity index (χ3v) is 3.66. The summed E-state index contributed by atoms with van der Waals surface area (Å²) in [4.78, 5) is 2.31. The first-order chi connectivity index (χ1) is 8.74. The van der Waals surface area contributed by atoms with Crippen LogP contribution in [0.25, 0.3) is 0 Å². The van der Waals surface area contributed by atoms with Gasteiger partial charge >= 0.3 is 0 Å². The minimum absolute atomic E-state index is 0.129. The summed E-state index contributed by atoms with van der Waals surface area (Å²) in [6, 6.07) is 5.66. The lowest BCUT2D eigenvalue weighted by molar-refractivity contribution is 0.492. The fourth-order valence-corrected chi connectivity index (χ4v) is 2.56. The van der Waals surface area contributed by atoms with E-state index in [1.54, 1.807) is 12.1 Å². The number of rotatable bonds is 6. The van der Waals surface area contributed by atoms with Crippen molar-refractivity contribution in [1.82, 2.24) is 5.32 Å². The molecule has 0 spiro atoms. The summed E-state index contributed by atoms with van der Waals surface area (Å²) in [6.45, 7) is 7.44. The van der Waals surface area contributed by atoms with Crippen molar-refractivity contribution in [1.29, 1.82) is 0 Å². The molecule has 0 fully saturated rings. The van der Waals surface area contributed by atoms with Crippen LogP contribution in [0, 0.1) is 5.82 Å². The highest BCUT2D eigenvalue weighted by atomic mass is 19.1.